The molecule has 0 nitrogen and oxygen atoms in total. The van der Waals surface area contributed by atoms with Gasteiger partial charge in [-0.05, 0) is 12.1 Å². The molecule has 0 aliphatic carbocycles. The number of rotatable bonds is 1. The van der Waals surface area contributed by atoms with Crippen LogP contribution < -0.4 is 0 Å². The van der Waals surface area contributed by atoms with Gasteiger partial charge < -0.3 is 0 Å². The molecule has 0 aliphatic heterocycles. The largest absolute Gasteiger partial charge is 0.205 e. The molecule has 12 heavy (non-hydrogen) atoms. The summed E-state index contributed by atoms with van der Waals surface area (Å²) in [6.07, 6.45) is 0. The van der Waals surface area contributed by atoms with Crippen molar-refractivity contribution in [2.24, 2.45) is 0 Å². The van der Waals surface area contributed by atoms with Crippen molar-refractivity contribution in [3.05, 3.63) is 33.6 Å². The van der Waals surface area contributed by atoms with Crippen LogP contribution in [0.4, 0.5) is 4.39 Å². The zero-order valence-electron chi connectivity index (χ0n) is 5.62. The number of benzene rings is 1. The van der Waals surface area contributed by atoms with E-state index in [1.54, 1.807) is 0 Å². The van der Waals surface area contributed by atoms with E-state index in [1.165, 1.54) is 6.07 Å². The SMILES string of the molecule is Fc1ccc(Cl)c(C(Cl)Cl)c1Cl. The van der Waals surface area contributed by atoms with Crippen molar-refractivity contribution >= 4 is 46.4 Å². The van der Waals surface area contributed by atoms with Gasteiger partial charge >= 0.3 is 0 Å². The Hall–Kier alpha value is 0.310. The molecule has 0 aliphatic rings. The Bertz CT molecular complexity index is 298. The summed E-state index contributed by atoms with van der Waals surface area (Å²) >= 11 is 22.3. The predicted molar refractivity (Wildman–Crippen MR) is 50.9 cm³/mol. The topological polar surface area (TPSA) is 0 Å². The van der Waals surface area contributed by atoms with Gasteiger partial charge in [-0.1, -0.05) is 46.4 Å². The second-order valence-corrected chi connectivity index (χ2v) is 3.94. The fraction of sp³-hybridized carbons (Fsp3) is 0.143. The Morgan fingerprint density at radius 3 is 2.17 bits per heavy atom. The Balaban J connectivity index is 3.33. The summed E-state index contributed by atoms with van der Waals surface area (Å²) in [4.78, 5) is -0.916. The molecule has 0 atom stereocenters. The maximum Gasteiger partial charge on any atom is 0.142 e. The van der Waals surface area contributed by atoms with Crippen molar-refractivity contribution < 1.29 is 4.39 Å². The minimum atomic E-state index is -0.916. The van der Waals surface area contributed by atoms with Gasteiger partial charge in [0, 0.05) is 10.6 Å². The fourth-order valence-corrected chi connectivity index (χ4v) is 2.01. The molecule has 0 unspecified atom stereocenters. The van der Waals surface area contributed by atoms with E-state index in [2.05, 4.69) is 0 Å². The number of hydrogen-bond acceptors (Lipinski definition) is 0. The highest BCUT2D eigenvalue weighted by Crippen LogP contribution is 2.37. The average Bonchev–Trinajstić information content (AvgIpc) is 1.97. The predicted octanol–water partition coefficient (Wildman–Crippen LogP) is 4.61. The van der Waals surface area contributed by atoms with E-state index in [1.807, 2.05) is 0 Å². The quantitative estimate of drug-likeness (QED) is 0.502. The first-order chi connectivity index (χ1) is 5.54. The van der Waals surface area contributed by atoms with Gasteiger partial charge in [-0.15, -0.1) is 0 Å². The van der Waals surface area contributed by atoms with Gasteiger partial charge in [0.2, 0.25) is 0 Å². The van der Waals surface area contributed by atoms with Crippen LogP contribution in [-0.4, -0.2) is 0 Å². The molecule has 0 bridgehead atoms. The van der Waals surface area contributed by atoms with E-state index in [0.29, 0.717) is 0 Å². The maximum atomic E-state index is 12.8. The van der Waals surface area contributed by atoms with Gasteiger partial charge in [0.05, 0.1) is 5.02 Å². The van der Waals surface area contributed by atoms with Crippen LogP contribution in [0.3, 0.4) is 0 Å². The van der Waals surface area contributed by atoms with Crippen molar-refractivity contribution in [3.63, 3.8) is 0 Å². The third kappa shape index (κ3) is 1.97. The van der Waals surface area contributed by atoms with E-state index < -0.39 is 10.7 Å². The Morgan fingerprint density at radius 2 is 1.75 bits per heavy atom. The number of hydrogen-bond donors (Lipinski definition) is 0. The van der Waals surface area contributed by atoms with Crippen LogP contribution in [0.15, 0.2) is 12.1 Å². The molecule has 0 aromatic heterocycles. The van der Waals surface area contributed by atoms with E-state index >= 15 is 0 Å². The molecule has 0 heterocycles. The number of halogens is 5. The van der Waals surface area contributed by atoms with E-state index in [-0.39, 0.29) is 15.6 Å². The van der Waals surface area contributed by atoms with Crippen molar-refractivity contribution in [2.75, 3.05) is 0 Å². The minimum Gasteiger partial charge on any atom is -0.205 e. The highest BCUT2D eigenvalue weighted by atomic mass is 35.5. The first kappa shape index (κ1) is 10.4. The van der Waals surface area contributed by atoms with Crippen LogP contribution >= 0.6 is 46.4 Å². The van der Waals surface area contributed by atoms with Crippen LogP contribution in [0.25, 0.3) is 0 Å². The lowest BCUT2D eigenvalue weighted by Crippen LogP contribution is -1.89. The summed E-state index contributed by atoms with van der Waals surface area (Å²) in [6.45, 7) is 0. The van der Waals surface area contributed by atoms with E-state index in [4.69, 9.17) is 46.4 Å². The second kappa shape index (κ2) is 4.01. The Labute approximate surface area is 89.2 Å². The molecule has 5 heteroatoms. The van der Waals surface area contributed by atoms with Gasteiger partial charge in [-0.25, -0.2) is 4.39 Å². The van der Waals surface area contributed by atoms with Crippen LogP contribution in [0.2, 0.25) is 10.0 Å². The third-order valence-electron chi connectivity index (χ3n) is 1.30. The standard InChI is InChI=1S/C7H3Cl4F/c8-3-1-2-4(12)6(9)5(3)7(10)11/h1-2,7H. The molecule has 66 valence electrons. The number of alkyl halides is 2. The molecule has 0 amide bonds. The summed E-state index contributed by atoms with van der Waals surface area (Å²) in [6, 6.07) is 2.51. The van der Waals surface area contributed by atoms with Crippen LogP contribution in [0.1, 0.15) is 10.4 Å². The monoisotopic (exact) mass is 246 g/mol. The first-order valence-corrected chi connectivity index (χ1v) is 4.58. The maximum absolute atomic E-state index is 12.8. The second-order valence-electron chi connectivity index (χ2n) is 2.06. The highest BCUT2D eigenvalue weighted by molar-refractivity contribution is 6.47. The van der Waals surface area contributed by atoms with E-state index in [9.17, 15) is 4.39 Å². The lowest BCUT2D eigenvalue weighted by Gasteiger charge is -2.07. The van der Waals surface area contributed by atoms with Gasteiger partial charge in [0.25, 0.3) is 0 Å². The lowest BCUT2D eigenvalue weighted by molar-refractivity contribution is 0.627. The molecule has 0 radical (unpaired) electrons. The molecule has 1 aromatic rings. The van der Waals surface area contributed by atoms with Gasteiger partial charge in [-0.3, -0.25) is 0 Å². The van der Waals surface area contributed by atoms with Crippen molar-refractivity contribution in [1.29, 1.82) is 0 Å². The zero-order valence-corrected chi connectivity index (χ0v) is 8.65. The van der Waals surface area contributed by atoms with Gasteiger partial charge in [0.1, 0.15) is 10.7 Å². The molecular weight excluding hydrogens is 245 g/mol. The lowest BCUT2D eigenvalue weighted by atomic mass is 10.2. The molecule has 1 aromatic carbocycles. The third-order valence-corrected chi connectivity index (χ3v) is 2.45. The normalized spacial score (nSPS) is 10.8. The molecule has 1 rings (SSSR count). The van der Waals surface area contributed by atoms with Crippen molar-refractivity contribution in [2.45, 2.75) is 4.84 Å². The summed E-state index contributed by atoms with van der Waals surface area (Å²) in [5, 5.41) is 0.133. The Morgan fingerprint density at radius 1 is 1.17 bits per heavy atom. The van der Waals surface area contributed by atoms with E-state index in [0.717, 1.165) is 6.07 Å². The molecule has 0 N–H and O–H groups in total. The minimum absolute atomic E-state index is 0.127. The molecule has 0 fully saturated rings. The first-order valence-electron chi connectivity index (χ1n) is 2.95. The summed E-state index contributed by atoms with van der Waals surface area (Å²) in [5.41, 5.74) is 0.210. The smallest absolute Gasteiger partial charge is 0.142 e. The van der Waals surface area contributed by atoms with Crippen LogP contribution in [0.5, 0.6) is 0 Å². The highest BCUT2D eigenvalue weighted by Gasteiger charge is 2.16. The van der Waals surface area contributed by atoms with Gasteiger partial charge in [0.15, 0.2) is 0 Å². The molecule has 0 saturated carbocycles. The summed E-state index contributed by atoms with van der Waals surface area (Å²) in [7, 11) is 0. The van der Waals surface area contributed by atoms with Crippen molar-refractivity contribution in [1.82, 2.24) is 0 Å². The summed E-state index contributed by atoms with van der Waals surface area (Å²) < 4.78 is 12.8. The Kier molecular flexibility index (Phi) is 3.47. The van der Waals surface area contributed by atoms with Crippen LogP contribution in [0, 0.1) is 5.82 Å². The van der Waals surface area contributed by atoms with Crippen molar-refractivity contribution in [3.8, 4) is 0 Å². The zero-order chi connectivity index (χ0) is 9.30. The molecular formula is C7H3Cl4F. The average molecular weight is 248 g/mol. The summed E-state index contributed by atoms with van der Waals surface area (Å²) in [5.74, 6) is -0.581. The van der Waals surface area contributed by atoms with Gasteiger partial charge in [-0.2, -0.15) is 0 Å². The van der Waals surface area contributed by atoms with Crippen LogP contribution in [-0.2, 0) is 0 Å². The molecule has 0 saturated heterocycles. The fourth-order valence-electron chi connectivity index (χ4n) is 0.743. The molecule has 0 spiro atoms.